The van der Waals surface area contributed by atoms with Crippen molar-refractivity contribution in [3.05, 3.63) is 47.0 Å². The molecule has 0 atom stereocenters. The van der Waals surface area contributed by atoms with Crippen LogP contribution in [0.2, 0.25) is 5.02 Å². The number of nitrogens with one attached hydrogen (secondary N) is 2. The molecule has 1 aliphatic heterocycles. The SMILES string of the molecule is Cc1cc(Cl)ccc1NC(=O)CNS(=O)(=O)c1ccc2c(c1)OCO2. The van der Waals surface area contributed by atoms with Gasteiger partial charge in [-0.05, 0) is 42.8 Å². The number of hydrogen-bond acceptors (Lipinski definition) is 5. The Bertz CT molecular complexity index is 930. The normalized spacial score (nSPS) is 12.9. The number of ether oxygens (including phenoxy) is 2. The van der Waals surface area contributed by atoms with E-state index in [1.165, 1.54) is 18.2 Å². The Morgan fingerprint density at radius 2 is 1.92 bits per heavy atom. The third kappa shape index (κ3) is 4.04. The minimum absolute atomic E-state index is 0.00720. The second kappa shape index (κ2) is 6.91. The molecule has 0 aromatic heterocycles. The Balaban J connectivity index is 1.64. The number of anilines is 1. The molecule has 0 unspecified atom stereocenters. The van der Waals surface area contributed by atoms with Crippen LogP contribution in [-0.2, 0) is 14.8 Å². The molecule has 25 heavy (non-hydrogen) atoms. The summed E-state index contributed by atoms with van der Waals surface area (Å²) < 4.78 is 37.1. The van der Waals surface area contributed by atoms with Crippen LogP contribution in [0.1, 0.15) is 5.56 Å². The maximum Gasteiger partial charge on any atom is 0.241 e. The predicted octanol–water partition coefficient (Wildman–Crippen LogP) is 2.29. The lowest BCUT2D eigenvalue weighted by atomic mass is 10.2. The van der Waals surface area contributed by atoms with Crippen molar-refractivity contribution in [2.75, 3.05) is 18.7 Å². The van der Waals surface area contributed by atoms with Crippen LogP contribution in [0.5, 0.6) is 11.5 Å². The predicted molar refractivity (Wildman–Crippen MR) is 92.6 cm³/mol. The van der Waals surface area contributed by atoms with Gasteiger partial charge in [-0.3, -0.25) is 4.79 Å². The topological polar surface area (TPSA) is 93.7 Å². The molecule has 1 aliphatic rings. The minimum Gasteiger partial charge on any atom is -0.454 e. The monoisotopic (exact) mass is 382 g/mol. The molecular formula is C16H15ClN2O5S. The van der Waals surface area contributed by atoms with Crippen LogP contribution >= 0.6 is 11.6 Å². The van der Waals surface area contributed by atoms with Gasteiger partial charge in [0.15, 0.2) is 11.5 Å². The standard InChI is InChI=1S/C16H15ClN2O5S/c1-10-6-11(17)2-4-13(10)19-16(20)8-18-25(21,22)12-3-5-14-15(7-12)24-9-23-14/h2-7,18H,8-9H2,1H3,(H,19,20). The maximum atomic E-state index is 12.3. The minimum atomic E-state index is -3.85. The Morgan fingerprint density at radius 3 is 2.68 bits per heavy atom. The second-order valence-corrected chi connectivity index (χ2v) is 7.55. The van der Waals surface area contributed by atoms with Gasteiger partial charge in [0.2, 0.25) is 22.7 Å². The van der Waals surface area contributed by atoms with Gasteiger partial charge in [0, 0.05) is 16.8 Å². The van der Waals surface area contributed by atoms with E-state index in [2.05, 4.69) is 10.0 Å². The third-order valence-corrected chi connectivity index (χ3v) is 5.17. The number of amides is 1. The Hall–Kier alpha value is -2.29. The number of benzene rings is 2. The summed E-state index contributed by atoms with van der Waals surface area (Å²) >= 11 is 5.86. The van der Waals surface area contributed by atoms with Crippen LogP contribution in [0.25, 0.3) is 0 Å². The zero-order valence-corrected chi connectivity index (χ0v) is 14.8. The fourth-order valence-corrected chi connectivity index (χ4v) is 3.47. The third-order valence-electron chi connectivity index (χ3n) is 3.54. The second-order valence-electron chi connectivity index (χ2n) is 5.35. The highest BCUT2D eigenvalue weighted by molar-refractivity contribution is 7.89. The molecule has 3 rings (SSSR count). The van der Waals surface area contributed by atoms with Gasteiger partial charge < -0.3 is 14.8 Å². The van der Waals surface area contributed by atoms with E-state index in [4.69, 9.17) is 21.1 Å². The van der Waals surface area contributed by atoms with Gasteiger partial charge >= 0.3 is 0 Å². The van der Waals surface area contributed by atoms with Crippen LogP contribution in [0, 0.1) is 6.92 Å². The summed E-state index contributed by atoms with van der Waals surface area (Å²) in [5.41, 5.74) is 1.34. The highest BCUT2D eigenvalue weighted by Crippen LogP contribution is 2.33. The smallest absolute Gasteiger partial charge is 0.241 e. The Labute approximate surface area is 149 Å². The molecule has 2 N–H and O–H groups in total. The summed E-state index contributed by atoms with van der Waals surface area (Å²) in [5, 5.41) is 3.19. The van der Waals surface area contributed by atoms with E-state index < -0.39 is 22.5 Å². The van der Waals surface area contributed by atoms with E-state index in [1.807, 2.05) is 0 Å². The van der Waals surface area contributed by atoms with E-state index >= 15 is 0 Å². The van der Waals surface area contributed by atoms with Crippen LogP contribution in [0.4, 0.5) is 5.69 Å². The quantitative estimate of drug-likeness (QED) is 0.827. The van der Waals surface area contributed by atoms with Crippen molar-refractivity contribution in [2.24, 2.45) is 0 Å². The van der Waals surface area contributed by atoms with Gasteiger partial charge in [0.25, 0.3) is 0 Å². The molecule has 2 aromatic rings. The zero-order chi connectivity index (χ0) is 18.0. The first kappa shape index (κ1) is 17.5. The number of hydrogen-bond donors (Lipinski definition) is 2. The molecular weight excluding hydrogens is 368 g/mol. The fraction of sp³-hybridized carbons (Fsp3) is 0.188. The lowest BCUT2D eigenvalue weighted by Crippen LogP contribution is -2.33. The average molecular weight is 383 g/mol. The van der Waals surface area contributed by atoms with Gasteiger partial charge in [-0.15, -0.1) is 0 Å². The summed E-state index contributed by atoms with van der Waals surface area (Å²) in [7, 11) is -3.85. The van der Waals surface area contributed by atoms with Crippen molar-refractivity contribution in [1.29, 1.82) is 0 Å². The first-order valence-electron chi connectivity index (χ1n) is 7.30. The summed E-state index contributed by atoms with van der Waals surface area (Å²) in [6, 6.07) is 9.24. The van der Waals surface area contributed by atoms with Crippen LogP contribution < -0.4 is 19.5 Å². The zero-order valence-electron chi connectivity index (χ0n) is 13.2. The Kier molecular flexibility index (Phi) is 4.85. The van der Waals surface area contributed by atoms with E-state index in [-0.39, 0.29) is 11.7 Å². The van der Waals surface area contributed by atoms with E-state index in [0.29, 0.717) is 22.2 Å². The molecule has 0 saturated carbocycles. The molecule has 2 aromatic carbocycles. The number of carbonyl (C=O) groups excluding carboxylic acids is 1. The first-order valence-corrected chi connectivity index (χ1v) is 9.16. The van der Waals surface area contributed by atoms with E-state index in [1.54, 1.807) is 25.1 Å². The van der Waals surface area contributed by atoms with Crippen molar-refractivity contribution >= 4 is 33.2 Å². The molecule has 0 aliphatic carbocycles. The maximum absolute atomic E-state index is 12.3. The van der Waals surface area contributed by atoms with Gasteiger partial charge in [-0.2, -0.15) is 0 Å². The molecule has 0 spiro atoms. The molecule has 7 nitrogen and oxygen atoms in total. The molecule has 1 amide bonds. The van der Waals surface area contributed by atoms with E-state index in [9.17, 15) is 13.2 Å². The summed E-state index contributed by atoms with van der Waals surface area (Å²) in [6.45, 7) is 1.44. The van der Waals surface area contributed by atoms with Gasteiger partial charge in [0.05, 0.1) is 11.4 Å². The fourth-order valence-electron chi connectivity index (χ4n) is 2.25. The molecule has 9 heteroatoms. The van der Waals surface area contributed by atoms with Crippen LogP contribution in [0.15, 0.2) is 41.3 Å². The summed E-state index contributed by atoms with van der Waals surface area (Å²) in [5.74, 6) is 0.341. The lowest BCUT2D eigenvalue weighted by Gasteiger charge is -2.10. The van der Waals surface area contributed by atoms with Crippen molar-refractivity contribution in [3.63, 3.8) is 0 Å². The number of carbonyl (C=O) groups is 1. The van der Waals surface area contributed by atoms with Gasteiger partial charge in [0.1, 0.15) is 0 Å². The van der Waals surface area contributed by atoms with Crippen molar-refractivity contribution in [3.8, 4) is 11.5 Å². The summed E-state index contributed by atoms with van der Waals surface area (Å²) in [4.78, 5) is 12.0. The van der Waals surface area contributed by atoms with E-state index in [0.717, 1.165) is 5.56 Å². The van der Waals surface area contributed by atoms with Crippen molar-refractivity contribution in [1.82, 2.24) is 4.72 Å². The lowest BCUT2D eigenvalue weighted by molar-refractivity contribution is -0.115. The Morgan fingerprint density at radius 1 is 1.16 bits per heavy atom. The first-order chi connectivity index (χ1) is 11.8. The van der Waals surface area contributed by atoms with Crippen LogP contribution in [0.3, 0.4) is 0 Å². The van der Waals surface area contributed by atoms with Gasteiger partial charge in [-0.1, -0.05) is 11.6 Å². The van der Waals surface area contributed by atoms with Crippen LogP contribution in [-0.4, -0.2) is 27.7 Å². The molecule has 0 bridgehead atoms. The van der Waals surface area contributed by atoms with Crippen molar-refractivity contribution in [2.45, 2.75) is 11.8 Å². The number of halogens is 1. The molecule has 1 heterocycles. The molecule has 132 valence electrons. The van der Waals surface area contributed by atoms with Gasteiger partial charge in [-0.25, -0.2) is 13.1 Å². The number of rotatable bonds is 5. The number of aryl methyl sites for hydroxylation is 1. The van der Waals surface area contributed by atoms with Crippen molar-refractivity contribution < 1.29 is 22.7 Å². The molecule has 0 radical (unpaired) electrons. The molecule has 0 fully saturated rings. The molecule has 0 saturated heterocycles. The average Bonchev–Trinajstić information content (AvgIpc) is 3.03. The number of sulfonamides is 1. The number of fused-ring (bicyclic) bond motifs is 1. The highest BCUT2D eigenvalue weighted by Gasteiger charge is 2.21. The summed E-state index contributed by atoms with van der Waals surface area (Å²) in [6.07, 6.45) is 0. The highest BCUT2D eigenvalue weighted by atomic mass is 35.5. The largest absolute Gasteiger partial charge is 0.454 e.